The van der Waals surface area contributed by atoms with Gasteiger partial charge < -0.3 is 0 Å². The molecule has 0 nitrogen and oxygen atoms in total. The van der Waals surface area contributed by atoms with Crippen LogP contribution in [0.2, 0.25) is 0 Å². The number of hydrogen-bond acceptors (Lipinski definition) is 0. The van der Waals surface area contributed by atoms with Crippen LogP contribution >= 0.6 is 0 Å². The first-order valence-electron chi connectivity index (χ1n) is 9.86. The van der Waals surface area contributed by atoms with Gasteiger partial charge in [-0.25, -0.2) is 4.39 Å². The molecule has 3 rings (SSSR count). The Bertz CT molecular complexity index is 380. The molecule has 22 heavy (non-hydrogen) atoms. The monoisotopic (exact) mass is 304 g/mol. The second kappa shape index (κ2) is 7.85. The fraction of sp³-hybridized carbons (Fsp3) is 0.905. The van der Waals surface area contributed by atoms with Crippen molar-refractivity contribution < 1.29 is 4.39 Å². The number of rotatable bonds is 1. The van der Waals surface area contributed by atoms with Crippen LogP contribution in [0.15, 0.2) is 0 Å². The van der Waals surface area contributed by atoms with Gasteiger partial charge in [0.05, 0.1) is 0 Å². The second-order valence-electron chi connectivity index (χ2n) is 8.37. The van der Waals surface area contributed by atoms with E-state index in [1.165, 1.54) is 51.4 Å². The third kappa shape index (κ3) is 4.50. The van der Waals surface area contributed by atoms with E-state index >= 15 is 0 Å². The first-order valence-corrected chi connectivity index (χ1v) is 9.86. The molecule has 0 aliphatic heterocycles. The molecular formula is C21H33F. The summed E-state index contributed by atoms with van der Waals surface area (Å²) < 4.78 is 13.1. The smallest absolute Gasteiger partial charge is 0.100 e. The maximum atomic E-state index is 13.1. The van der Waals surface area contributed by atoms with Crippen molar-refractivity contribution in [2.45, 2.75) is 90.1 Å². The fourth-order valence-electron chi connectivity index (χ4n) is 4.92. The van der Waals surface area contributed by atoms with E-state index < -0.39 is 6.17 Å². The minimum Gasteiger partial charge on any atom is -0.247 e. The Balaban J connectivity index is 1.40. The second-order valence-corrected chi connectivity index (χ2v) is 8.37. The fourth-order valence-corrected chi connectivity index (χ4v) is 4.92. The van der Waals surface area contributed by atoms with Crippen LogP contribution in [0.5, 0.6) is 0 Å². The molecule has 3 fully saturated rings. The van der Waals surface area contributed by atoms with E-state index in [2.05, 4.69) is 18.8 Å². The number of alkyl halides is 1. The predicted octanol–water partition coefficient (Wildman–Crippen LogP) is 6.15. The van der Waals surface area contributed by atoms with Gasteiger partial charge in [0.25, 0.3) is 0 Å². The van der Waals surface area contributed by atoms with E-state index in [0.29, 0.717) is 11.8 Å². The van der Waals surface area contributed by atoms with Gasteiger partial charge in [0.1, 0.15) is 6.17 Å². The minimum absolute atomic E-state index is 0.490. The molecule has 0 bridgehead atoms. The molecule has 3 aliphatic carbocycles. The molecule has 0 saturated heterocycles. The molecule has 0 amide bonds. The number of halogens is 1. The van der Waals surface area contributed by atoms with Crippen LogP contribution in [-0.4, -0.2) is 6.17 Å². The highest BCUT2D eigenvalue weighted by atomic mass is 19.1. The lowest BCUT2D eigenvalue weighted by Crippen LogP contribution is -2.25. The molecule has 0 unspecified atom stereocenters. The van der Waals surface area contributed by atoms with Gasteiger partial charge in [-0.15, -0.1) is 0 Å². The zero-order valence-corrected chi connectivity index (χ0v) is 14.3. The quantitative estimate of drug-likeness (QED) is 0.510. The van der Waals surface area contributed by atoms with Crippen molar-refractivity contribution in [3.63, 3.8) is 0 Å². The average molecular weight is 304 g/mol. The van der Waals surface area contributed by atoms with Crippen molar-refractivity contribution in [3.05, 3.63) is 0 Å². The summed E-state index contributed by atoms with van der Waals surface area (Å²) >= 11 is 0. The van der Waals surface area contributed by atoms with E-state index in [9.17, 15) is 4.39 Å². The highest BCUT2D eigenvalue weighted by molar-refractivity contribution is 5.09. The van der Waals surface area contributed by atoms with Crippen molar-refractivity contribution in [1.29, 1.82) is 0 Å². The van der Waals surface area contributed by atoms with Gasteiger partial charge in [-0.1, -0.05) is 31.6 Å². The van der Waals surface area contributed by atoms with Gasteiger partial charge in [0.2, 0.25) is 0 Å². The largest absolute Gasteiger partial charge is 0.247 e. The summed E-state index contributed by atoms with van der Waals surface area (Å²) in [4.78, 5) is 0. The molecular weight excluding hydrogens is 271 g/mol. The van der Waals surface area contributed by atoms with Gasteiger partial charge in [-0.3, -0.25) is 0 Å². The van der Waals surface area contributed by atoms with Crippen LogP contribution in [0, 0.1) is 41.4 Å². The van der Waals surface area contributed by atoms with Crippen LogP contribution < -0.4 is 0 Å². The van der Waals surface area contributed by atoms with Crippen molar-refractivity contribution in [2.24, 2.45) is 29.6 Å². The summed E-state index contributed by atoms with van der Waals surface area (Å²) in [6.07, 6.45) is 14.3. The molecule has 3 aliphatic rings. The summed E-state index contributed by atoms with van der Waals surface area (Å²) in [5, 5.41) is 0. The van der Waals surface area contributed by atoms with E-state index in [-0.39, 0.29) is 0 Å². The van der Waals surface area contributed by atoms with Gasteiger partial charge in [0.15, 0.2) is 0 Å². The van der Waals surface area contributed by atoms with Gasteiger partial charge in [0, 0.05) is 11.8 Å². The van der Waals surface area contributed by atoms with Crippen molar-refractivity contribution in [1.82, 2.24) is 0 Å². The average Bonchev–Trinajstić information content (AvgIpc) is 2.56. The lowest BCUT2D eigenvalue weighted by molar-refractivity contribution is 0.162. The predicted molar refractivity (Wildman–Crippen MR) is 91.2 cm³/mol. The minimum atomic E-state index is -0.549. The SMILES string of the molecule is CC1CCC(C2CCC(C#CC3CCC(F)CC3)CC2)CC1. The molecule has 0 aromatic heterocycles. The molecule has 124 valence electrons. The number of hydrogen-bond donors (Lipinski definition) is 0. The topological polar surface area (TPSA) is 0 Å². The third-order valence-corrected chi connectivity index (χ3v) is 6.65. The molecule has 0 N–H and O–H groups in total. The molecule has 0 heterocycles. The summed E-state index contributed by atoms with van der Waals surface area (Å²) in [5.41, 5.74) is 0. The Labute approximate surface area is 136 Å². The van der Waals surface area contributed by atoms with E-state index in [4.69, 9.17) is 0 Å². The van der Waals surface area contributed by atoms with E-state index in [0.717, 1.165) is 43.4 Å². The highest BCUT2D eigenvalue weighted by Crippen LogP contribution is 2.41. The maximum Gasteiger partial charge on any atom is 0.100 e. The van der Waals surface area contributed by atoms with Crippen LogP contribution in [0.3, 0.4) is 0 Å². The Morgan fingerprint density at radius 3 is 1.50 bits per heavy atom. The molecule has 0 aromatic carbocycles. The van der Waals surface area contributed by atoms with E-state index in [1.807, 2.05) is 0 Å². The maximum absolute atomic E-state index is 13.1. The van der Waals surface area contributed by atoms with Crippen molar-refractivity contribution in [2.75, 3.05) is 0 Å². The highest BCUT2D eigenvalue weighted by Gasteiger charge is 2.29. The van der Waals surface area contributed by atoms with Crippen LogP contribution in [0.1, 0.15) is 84.0 Å². The molecule has 0 atom stereocenters. The Kier molecular flexibility index (Phi) is 5.83. The van der Waals surface area contributed by atoms with Gasteiger partial charge in [-0.2, -0.15) is 0 Å². The van der Waals surface area contributed by atoms with Crippen molar-refractivity contribution >= 4 is 0 Å². The van der Waals surface area contributed by atoms with Crippen molar-refractivity contribution in [3.8, 4) is 11.8 Å². The molecule has 3 saturated carbocycles. The van der Waals surface area contributed by atoms with E-state index in [1.54, 1.807) is 0 Å². The molecule has 0 aromatic rings. The molecule has 1 heteroatoms. The zero-order valence-electron chi connectivity index (χ0n) is 14.3. The summed E-state index contributed by atoms with van der Waals surface area (Å²) in [7, 11) is 0. The first-order chi connectivity index (χ1) is 10.7. The summed E-state index contributed by atoms with van der Waals surface area (Å²) in [5.74, 6) is 11.2. The Morgan fingerprint density at radius 1 is 0.591 bits per heavy atom. The zero-order chi connectivity index (χ0) is 15.4. The van der Waals surface area contributed by atoms with Crippen LogP contribution in [-0.2, 0) is 0 Å². The first kappa shape index (κ1) is 16.4. The third-order valence-electron chi connectivity index (χ3n) is 6.65. The lowest BCUT2D eigenvalue weighted by Gasteiger charge is -2.36. The Hall–Kier alpha value is -0.510. The van der Waals surface area contributed by atoms with Crippen LogP contribution in [0.25, 0.3) is 0 Å². The molecule has 0 spiro atoms. The Morgan fingerprint density at radius 2 is 1.00 bits per heavy atom. The summed E-state index contributed by atoms with van der Waals surface area (Å²) in [6.45, 7) is 2.42. The normalized spacial score (nSPS) is 43.2. The van der Waals surface area contributed by atoms with Crippen LogP contribution in [0.4, 0.5) is 4.39 Å². The van der Waals surface area contributed by atoms with Gasteiger partial charge >= 0.3 is 0 Å². The molecule has 0 radical (unpaired) electrons. The van der Waals surface area contributed by atoms with Gasteiger partial charge in [-0.05, 0) is 82.0 Å². The lowest BCUT2D eigenvalue weighted by atomic mass is 9.69. The summed E-state index contributed by atoms with van der Waals surface area (Å²) in [6, 6.07) is 0. The standard InChI is InChI=1S/C21H33F/c1-16-2-10-19(11-3-16)20-12-6-17(7-13-20)4-5-18-8-14-21(22)15-9-18/h16-21H,2-3,6-15H2,1H3.